The maximum atomic E-state index is 13.3. The lowest BCUT2D eigenvalue weighted by Gasteiger charge is -2.18. The summed E-state index contributed by atoms with van der Waals surface area (Å²) < 4.78 is 99.0. The third kappa shape index (κ3) is 4.92. The van der Waals surface area contributed by atoms with E-state index in [9.17, 15) is 13.2 Å². The van der Waals surface area contributed by atoms with Crippen molar-refractivity contribution >= 4 is 23.5 Å². The highest BCUT2D eigenvalue weighted by Gasteiger charge is 2.36. The number of halogens is 4. The van der Waals surface area contributed by atoms with Gasteiger partial charge in [-0.3, -0.25) is 0 Å². The van der Waals surface area contributed by atoms with Gasteiger partial charge in [-0.2, -0.15) is 28.1 Å². The van der Waals surface area contributed by atoms with Gasteiger partial charge in [-0.15, -0.1) is 0 Å². The first kappa shape index (κ1) is 9.97. The molecule has 0 saturated heterocycles. The van der Waals surface area contributed by atoms with Crippen LogP contribution >= 0.6 is 11.6 Å². The van der Waals surface area contributed by atoms with E-state index in [1.165, 1.54) is 12.1 Å². The smallest absolute Gasteiger partial charge is 0.352 e. The van der Waals surface area contributed by atoms with E-state index in [1.54, 1.807) is 5.32 Å². The van der Waals surface area contributed by atoms with Crippen molar-refractivity contribution in [2.45, 2.75) is 38.9 Å². The molecule has 0 bridgehead atoms. The van der Waals surface area contributed by atoms with E-state index in [0.717, 1.165) is 6.92 Å². The van der Waals surface area contributed by atoms with Crippen molar-refractivity contribution in [3.63, 3.8) is 0 Å². The SMILES string of the molecule is [2H]c1ccc(-c2nc(N[C@H](C([2H])([2H])[2H])C(F)(F)F)nc(N[C@@]([2H])(C)C([2H])([2H])[2H])n2)nc1Cl. The Kier molecular flexibility index (Phi) is 2.98. The molecule has 0 fully saturated rings. The van der Waals surface area contributed by atoms with Crippen molar-refractivity contribution < 1.29 is 24.1 Å². The molecular formula is C14H16ClF3N6. The molecule has 2 rings (SSSR count). The number of anilines is 2. The second kappa shape index (κ2) is 7.16. The van der Waals surface area contributed by atoms with Gasteiger partial charge in [-0.05, 0) is 32.7 Å². The van der Waals surface area contributed by atoms with Crippen LogP contribution in [0.3, 0.4) is 0 Å². The number of hydrogen-bond donors (Lipinski definition) is 2. The Morgan fingerprint density at radius 2 is 1.92 bits per heavy atom. The third-order valence-corrected chi connectivity index (χ3v) is 2.62. The number of nitrogens with one attached hydrogen (secondary N) is 2. The molecule has 0 aliphatic heterocycles. The monoisotopic (exact) mass is 368 g/mol. The lowest BCUT2D eigenvalue weighted by Crippen LogP contribution is -2.34. The first-order valence-corrected chi connectivity index (χ1v) is 6.70. The van der Waals surface area contributed by atoms with Gasteiger partial charge in [0.2, 0.25) is 11.9 Å². The van der Waals surface area contributed by atoms with Crippen LogP contribution < -0.4 is 10.6 Å². The van der Waals surface area contributed by atoms with E-state index in [-0.39, 0.29) is 16.9 Å². The molecule has 10 heteroatoms. The Balaban J connectivity index is 2.61. The Morgan fingerprint density at radius 1 is 1.21 bits per heavy atom. The average Bonchev–Trinajstić information content (AvgIpc) is 2.58. The van der Waals surface area contributed by atoms with Crippen LogP contribution in [0.5, 0.6) is 0 Å². The van der Waals surface area contributed by atoms with Gasteiger partial charge in [0, 0.05) is 14.2 Å². The van der Waals surface area contributed by atoms with Gasteiger partial charge >= 0.3 is 6.18 Å². The zero-order chi connectivity index (χ0) is 24.7. The highest BCUT2D eigenvalue weighted by Crippen LogP contribution is 2.24. The summed E-state index contributed by atoms with van der Waals surface area (Å²) in [4.78, 5) is 15.0. The second-order valence-electron chi connectivity index (χ2n) is 4.44. The molecule has 0 amide bonds. The fraction of sp³-hybridized carbons (Fsp3) is 0.429. The predicted molar refractivity (Wildman–Crippen MR) is 86.0 cm³/mol. The topological polar surface area (TPSA) is 75.6 Å². The molecule has 0 aromatic carbocycles. The summed E-state index contributed by atoms with van der Waals surface area (Å²) in [7, 11) is 0. The van der Waals surface area contributed by atoms with E-state index in [2.05, 4.69) is 25.3 Å². The highest BCUT2D eigenvalue weighted by molar-refractivity contribution is 6.29. The minimum atomic E-state index is -5.22. The van der Waals surface area contributed by atoms with Crippen LogP contribution in [0.25, 0.3) is 11.5 Å². The third-order valence-electron chi connectivity index (χ3n) is 2.43. The number of aromatic nitrogens is 4. The lowest BCUT2D eigenvalue weighted by molar-refractivity contribution is -0.138. The van der Waals surface area contributed by atoms with Crippen LogP contribution in [0, 0.1) is 0 Å². The molecule has 130 valence electrons. The summed E-state index contributed by atoms with van der Waals surface area (Å²) in [6.07, 6.45) is -5.22. The summed E-state index contributed by atoms with van der Waals surface area (Å²) in [5.41, 5.74) is -0.127. The summed E-state index contributed by atoms with van der Waals surface area (Å²) in [6, 6.07) is -3.18. The fourth-order valence-electron chi connectivity index (χ4n) is 1.48. The Bertz CT molecular complexity index is 968. The van der Waals surface area contributed by atoms with Crippen LogP contribution in [0.2, 0.25) is 5.15 Å². The molecular weight excluding hydrogens is 345 g/mol. The van der Waals surface area contributed by atoms with Crippen LogP contribution in [0.15, 0.2) is 18.2 Å². The summed E-state index contributed by atoms with van der Waals surface area (Å²) >= 11 is 5.79. The molecule has 2 heterocycles. The van der Waals surface area contributed by atoms with Crippen molar-refractivity contribution in [2.75, 3.05) is 10.6 Å². The first-order chi connectivity index (χ1) is 14.3. The molecule has 24 heavy (non-hydrogen) atoms. The van der Waals surface area contributed by atoms with Gasteiger partial charge in [0.15, 0.2) is 5.82 Å². The number of alkyl halides is 3. The van der Waals surface area contributed by atoms with Crippen molar-refractivity contribution in [1.82, 2.24) is 19.9 Å². The van der Waals surface area contributed by atoms with Gasteiger partial charge in [0.25, 0.3) is 0 Å². The summed E-state index contributed by atoms with van der Waals surface area (Å²) in [6.45, 7) is -5.47. The predicted octanol–water partition coefficient (Wildman–Crippen LogP) is 3.77. The van der Waals surface area contributed by atoms with E-state index in [1.807, 2.05) is 0 Å². The molecule has 0 radical (unpaired) electrons. The molecule has 0 unspecified atom stereocenters. The van der Waals surface area contributed by atoms with Crippen LogP contribution in [0.4, 0.5) is 25.1 Å². The molecule has 0 aliphatic rings. The Labute approximate surface area is 153 Å². The van der Waals surface area contributed by atoms with Crippen molar-refractivity contribution in [3.8, 4) is 11.5 Å². The zero-order valence-electron chi connectivity index (χ0n) is 20.0. The molecule has 2 atom stereocenters. The summed E-state index contributed by atoms with van der Waals surface area (Å²) in [5.74, 6) is -1.92. The molecule has 0 aliphatic carbocycles. The quantitative estimate of drug-likeness (QED) is 0.782. The first-order valence-electron chi connectivity index (χ1n) is 10.3. The van der Waals surface area contributed by atoms with Gasteiger partial charge in [0.1, 0.15) is 16.9 Å². The minimum absolute atomic E-state index is 0.127. The van der Waals surface area contributed by atoms with Gasteiger partial charge in [0.05, 0.1) is 2.74 Å². The molecule has 0 saturated carbocycles. The average molecular weight is 369 g/mol. The standard InChI is InChI=1S/C14H16ClF3N6/c1-7(2)19-12-22-11(9-5-4-6-10(15)21-9)23-13(24-12)20-8(3)14(16,17)18/h4-8H,1-3H3,(H2,19,20,22,23,24)/t8-/m1/s1/i1D3,3D3,6D,7D/t7-,8-. The molecule has 6 nitrogen and oxygen atoms in total. The van der Waals surface area contributed by atoms with Crippen molar-refractivity contribution in [1.29, 1.82) is 0 Å². The molecule has 2 aromatic rings. The normalized spacial score (nSPS) is 21.4. The van der Waals surface area contributed by atoms with Gasteiger partial charge in [-0.25, -0.2) is 4.98 Å². The van der Waals surface area contributed by atoms with E-state index in [4.69, 9.17) is 22.6 Å². The molecule has 2 N–H and O–H groups in total. The van der Waals surface area contributed by atoms with E-state index >= 15 is 0 Å². The minimum Gasteiger partial charge on any atom is -0.352 e. The van der Waals surface area contributed by atoms with E-state index < -0.39 is 49.7 Å². The number of nitrogens with zero attached hydrogens (tertiary/aromatic N) is 4. The fourth-order valence-corrected chi connectivity index (χ4v) is 1.63. The van der Waals surface area contributed by atoms with Crippen LogP contribution in [0.1, 0.15) is 31.6 Å². The molecule has 2 aromatic heterocycles. The lowest BCUT2D eigenvalue weighted by atomic mass is 10.3. The highest BCUT2D eigenvalue weighted by atomic mass is 35.5. The van der Waals surface area contributed by atoms with Crippen molar-refractivity contribution in [2.24, 2.45) is 0 Å². The van der Waals surface area contributed by atoms with E-state index in [0.29, 0.717) is 0 Å². The number of hydrogen-bond acceptors (Lipinski definition) is 6. The van der Waals surface area contributed by atoms with Crippen LogP contribution in [-0.4, -0.2) is 38.2 Å². The number of rotatable bonds is 5. The second-order valence-corrected chi connectivity index (χ2v) is 4.80. The van der Waals surface area contributed by atoms with Crippen LogP contribution in [-0.2, 0) is 0 Å². The van der Waals surface area contributed by atoms with Crippen molar-refractivity contribution in [3.05, 3.63) is 23.3 Å². The largest absolute Gasteiger partial charge is 0.408 e. The van der Waals surface area contributed by atoms with Gasteiger partial charge < -0.3 is 10.6 Å². The zero-order valence-corrected chi connectivity index (χ0v) is 12.8. The Hall–Kier alpha value is -2.16. The van der Waals surface area contributed by atoms with Gasteiger partial charge in [-0.1, -0.05) is 17.7 Å². The maximum Gasteiger partial charge on any atom is 0.408 e. The maximum absolute atomic E-state index is 13.3. The Morgan fingerprint density at radius 3 is 2.50 bits per heavy atom. The molecule has 0 spiro atoms. The number of pyridine rings is 1. The summed E-state index contributed by atoms with van der Waals surface area (Å²) in [5, 5.41) is 3.56.